The third-order valence-corrected chi connectivity index (χ3v) is 3.88. The molecule has 1 unspecified atom stereocenters. The molecule has 0 spiro atoms. The van der Waals surface area contributed by atoms with Crippen molar-refractivity contribution in [1.82, 2.24) is 5.32 Å². The predicted octanol–water partition coefficient (Wildman–Crippen LogP) is 5.01. The molecule has 0 aromatic heterocycles. The van der Waals surface area contributed by atoms with E-state index in [-0.39, 0.29) is 0 Å². The van der Waals surface area contributed by atoms with Crippen LogP contribution in [0.2, 0.25) is 5.02 Å². The van der Waals surface area contributed by atoms with Crippen LogP contribution < -0.4 is 5.32 Å². The Kier molecular flexibility index (Phi) is 6.10. The van der Waals surface area contributed by atoms with Gasteiger partial charge in [-0.2, -0.15) is 0 Å². The van der Waals surface area contributed by atoms with Crippen LogP contribution in [0.4, 0.5) is 0 Å². The van der Waals surface area contributed by atoms with Crippen molar-refractivity contribution < 1.29 is 0 Å². The van der Waals surface area contributed by atoms with Gasteiger partial charge in [-0.3, -0.25) is 0 Å². The van der Waals surface area contributed by atoms with Crippen LogP contribution in [0.5, 0.6) is 0 Å². The van der Waals surface area contributed by atoms with Crippen LogP contribution in [0.1, 0.15) is 36.9 Å². The first-order chi connectivity index (χ1) is 9.81. The van der Waals surface area contributed by atoms with E-state index in [1.54, 1.807) is 0 Å². The van der Waals surface area contributed by atoms with Crippen molar-refractivity contribution in [3.63, 3.8) is 0 Å². The van der Waals surface area contributed by atoms with Gasteiger partial charge < -0.3 is 5.32 Å². The molecule has 20 heavy (non-hydrogen) atoms. The first-order valence-corrected chi connectivity index (χ1v) is 7.70. The maximum atomic E-state index is 6.31. The number of hydrogen-bond donors (Lipinski definition) is 1. The molecule has 2 aromatic carbocycles. The molecule has 0 aliphatic heterocycles. The van der Waals surface area contributed by atoms with Gasteiger partial charge in [-0.15, -0.1) is 0 Å². The average molecular weight is 288 g/mol. The van der Waals surface area contributed by atoms with Crippen molar-refractivity contribution in [3.05, 3.63) is 70.7 Å². The highest BCUT2D eigenvalue weighted by molar-refractivity contribution is 6.31. The molecule has 0 fully saturated rings. The maximum absolute atomic E-state index is 6.31. The summed E-state index contributed by atoms with van der Waals surface area (Å²) in [4.78, 5) is 0. The molecule has 0 bridgehead atoms. The molecule has 0 heterocycles. The molecule has 1 atom stereocenters. The van der Waals surface area contributed by atoms with Gasteiger partial charge in [0.2, 0.25) is 0 Å². The normalized spacial score (nSPS) is 12.3. The van der Waals surface area contributed by atoms with E-state index in [4.69, 9.17) is 11.6 Å². The summed E-state index contributed by atoms with van der Waals surface area (Å²) in [6, 6.07) is 19.1. The van der Waals surface area contributed by atoms with Gasteiger partial charge in [0.1, 0.15) is 0 Å². The Morgan fingerprint density at radius 1 is 1.00 bits per heavy atom. The number of nitrogens with one attached hydrogen (secondary N) is 1. The first kappa shape index (κ1) is 15.1. The Labute approximate surface area is 127 Å². The van der Waals surface area contributed by atoms with E-state index in [2.05, 4.69) is 54.7 Å². The number of rotatable bonds is 7. The summed E-state index contributed by atoms with van der Waals surface area (Å²) in [5, 5.41) is 4.40. The van der Waals surface area contributed by atoms with Gasteiger partial charge >= 0.3 is 0 Å². The minimum absolute atomic E-state index is 0.345. The van der Waals surface area contributed by atoms with E-state index in [0.717, 1.165) is 30.8 Å². The van der Waals surface area contributed by atoms with Crippen LogP contribution in [-0.2, 0) is 6.42 Å². The Hall–Kier alpha value is -1.31. The van der Waals surface area contributed by atoms with Gasteiger partial charge in [0.25, 0.3) is 0 Å². The molecule has 0 radical (unpaired) electrons. The lowest BCUT2D eigenvalue weighted by molar-refractivity contribution is 0.498. The molecule has 0 amide bonds. The molecular weight excluding hydrogens is 266 g/mol. The molecule has 0 saturated heterocycles. The first-order valence-electron chi connectivity index (χ1n) is 7.33. The SMILES string of the molecule is CCNC(CCCc1ccccc1)c1ccccc1Cl. The van der Waals surface area contributed by atoms with Crippen LogP contribution in [0.25, 0.3) is 0 Å². The molecule has 2 heteroatoms. The lowest BCUT2D eigenvalue weighted by Crippen LogP contribution is -2.21. The van der Waals surface area contributed by atoms with E-state index in [1.807, 2.05) is 12.1 Å². The largest absolute Gasteiger partial charge is 0.310 e. The quantitative estimate of drug-likeness (QED) is 0.754. The zero-order chi connectivity index (χ0) is 14.2. The van der Waals surface area contributed by atoms with E-state index >= 15 is 0 Å². The summed E-state index contributed by atoms with van der Waals surface area (Å²) in [5.41, 5.74) is 2.62. The second-order valence-corrected chi connectivity index (χ2v) is 5.42. The smallest absolute Gasteiger partial charge is 0.0453 e. The maximum Gasteiger partial charge on any atom is 0.0453 e. The van der Waals surface area contributed by atoms with Gasteiger partial charge in [-0.25, -0.2) is 0 Å². The highest BCUT2D eigenvalue weighted by atomic mass is 35.5. The Morgan fingerprint density at radius 2 is 1.70 bits per heavy atom. The molecule has 106 valence electrons. The zero-order valence-electron chi connectivity index (χ0n) is 12.0. The van der Waals surface area contributed by atoms with Gasteiger partial charge in [-0.05, 0) is 43.0 Å². The minimum Gasteiger partial charge on any atom is -0.310 e. The van der Waals surface area contributed by atoms with Gasteiger partial charge in [0, 0.05) is 11.1 Å². The highest BCUT2D eigenvalue weighted by Gasteiger charge is 2.12. The van der Waals surface area contributed by atoms with Gasteiger partial charge in [-0.1, -0.05) is 67.1 Å². The van der Waals surface area contributed by atoms with Crippen molar-refractivity contribution in [2.24, 2.45) is 0 Å². The van der Waals surface area contributed by atoms with Crippen molar-refractivity contribution in [2.75, 3.05) is 6.54 Å². The van der Waals surface area contributed by atoms with Gasteiger partial charge in [0.15, 0.2) is 0 Å². The number of hydrogen-bond acceptors (Lipinski definition) is 1. The van der Waals surface area contributed by atoms with Crippen molar-refractivity contribution in [3.8, 4) is 0 Å². The molecule has 0 aliphatic carbocycles. The zero-order valence-corrected chi connectivity index (χ0v) is 12.7. The fourth-order valence-electron chi connectivity index (χ4n) is 2.53. The van der Waals surface area contributed by atoms with Crippen molar-refractivity contribution >= 4 is 11.6 Å². The van der Waals surface area contributed by atoms with Crippen molar-refractivity contribution in [2.45, 2.75) is 32.2 Å². The Balaban J connectivity index is 1.95. The molecule has 0 saturated carbocycles. The minimum atomic E-state index is 0.345. The molecule has 1 N–H and O–H groups in total. The number of aryl methyl sites for hydroxylation is 1. The molecule has 0 aliphatic rings. The molecule has 2 rings (SSSR count). The summed E-state index contributed by atoms with van der Waals surface area (Å²) >= 11 is 6.31. The fraction of sp³-hybridized carbons (Fsp3) is 0.333. The van der Waals surface area contributed by atoms with E-state index in [1.165, 1.54) is 11.1 Å². The number of benzene rings is 2. The lowest BCUT2D eigenvalue weighted by atomic mass is 9.99. The predicted molar refractivity (Wildman–Crippen MR) is 87.2 cm³/mol. The van der Waals surface area contributed by atoms with Crippen LogP contribution in [0.15, 0.2) is 54.6 Å². The van der Waals surface area contributed by atoms with Crippen LogP contribution in [0.3, 0.4) is 0 Å². The van der Waals surface area contributed by atoms with E-state index < -0.39 is 0 Å². The Morgan fingerprint density at radius 3 is 2.40 bits per heavy atom. The van der Waals surface area contributed by atoms with Crippen molar-refractivity contribution in [1.29, 1.82) is 0 Å². The van der Waals surface area contributed by atoms with Crippen LogP contribution in [0, 0.1) is 0 Å². The third-order valence-electron chi connectivity index (χ3n) is 3.53. The summed E-state index contributed by atoms with van der Waals surface area (Å²) < 4.78 is 0. The molecule has 1 nitrogen and oxygen atoms in total. The molecular formula is C18H22ClN. The number of halogens is 1. The fourth-order valence-corrected chi connectivity index (χ4v) is 2.79. The highest BCUT2D eigenvalue weighted by Crippen LogP contribution is 2.26. The topological polar surface area (TPSA) is 12.0 Å². The lowest BCUT2D eigenvalue weighted by Gasteiger charge is -2.19. The van der Waals surface area contributed by atoms with E-state index in [0.29, 0.717) is 6.04 Å². The van der Waals surface area contributed by atoms with Crippen LogP contribution in [-0.4, -0.2) is 6.54 Å². The summed E-state index contributed by atoms with van der Waals surface area (Å²) in [5.74, 6) is 0. The average Bonchev–Trinajstić information content (AvgIpc) is 2.48. The second kappa shape index (κ2) is 8.08. The molecule has 2 aromatic rings. The van der Waals surface area contributed by atoms with E-state index in [9.17, 15) is 0 Å². The van der Waals surface area contributed by atoms with Gasteiger partial charge in [0.05, 0.1) is 0 Å². The summed E-state index contributed by atoms with van der Waals surface area (Å²) in [6.07, 6.45) is 3.38. The third kappa shape index (κ3) is 4.36. The van der Waals surface area contributed by atoms with Crippen LogP contribution >= 0.6 is 11.6 Å². The second-order valence-electron chi connectivity index (χ2n) is 5.01. The Bertz CT molecular complexity index is 510. The monoisotopic (exact) mass is 287 g/mol. The summed E-state index contributed by atoms with van der Waals surface area (Å²) in [6.45, 7) is 3.10. The summed E-state index contributed by atoms with van der Waals surface area (Å²) in [7, 11) is 0. The standard InChI is InChI=1S/C18H22ClN/c1-2-20-18(16-12-6-7-13-17(16)19)14-8-11-15-9-4-3-5-10-15/h3-7,9-10,12-13,18,20H,2,8,11,14H2,1H3.